The van der Waals surface area contributed by atoms with Crippen LogP contribution in [-0.2, 0) is 24.2 Å². The van der Waals surface area contributed by atoms with Gasteiger partial charge in [0.15, 0.2) is 0 Å². The van der Waals surface area contributed by atoms with E-state index < -0.39 is 0 Å². The van der Waals surface area contributed by atoms with Crippen LogP contribution in [0, 0.1) is 11.7 Å². The van der Waals surface area contributed by atoms with E-state index in [1.807, 2.05) is 6.92 Å². The third-order valence-electron chi connectivity index (χ3n) is 5.34. The predicted octanol–water partition coefficient (Wildman–Crippen LogP) is 3.60. The minimum Gasteiger partial charge on any atom is -0.348 e. The van der Waals surface area contributed by atoms with Crippen LogP contribution >= 0.6 is 11.3 Å². The number of fused-ring (bicyclic) bond motifs is 3. The number of amides is 1. The maximum absolute atomic E-state index is 13.1. The summed E-state index contributed by atoms with van der Waals surface area (Å²) in [5.74, 6) is 0.0287. The highest BCUT2D eigenvalue weighted by Gasteiger charge is 2.23. The lowest BCUT2D eigenvalue weighted by Gasteiger charge is -2.17. The number of benzene rings is 1. The fourth-order valence-corrected chi connectivity index (χ4v) is 5.10. The summed E-state index contributed by atoms with van der Waals surface area (Å²) in [4.78, 5) is 31.9. The Morgan fingerprint density at radius 3 is 2.89 bits per heavy atom. The quantitative estimate of drug-likeness (QED) is 0.729. The highest BCUT2D eigenvalue weighted by atomic mass is 32.1. The lowest BCUT2D eigenvalue weighted by molar-refractivity contribution is -0.122. The minimum absolute atomic E-state index is 0.0890. The first-order chi connectivity index (χ1) is 13.4. The Bertz CT molecular complexity index is 1090. The monoisotopic (exact) mass is 399 g/mol. The number of aromatic nitrogens is 2. The van der Waals surface area contributed by atoms with Crippen molar-refractivity contribution in [2.45, 2.75) is 45.7 Å². The van der Waals surface area contributed by atoms with E-state index in [1.165, 1.54) is 27.9 Å². The molecule has 2 unspecified atom stereocenters. The average Bonchev–Trinajstić information content (AvgIpc) is 3.02. The van der Waals surface area contributed by atoms with Crippen LogP contribution in [0.1, 0.15) is 42.3 Å². The zero-order valence-corrected chi connectivity index (χ0v) is 16.7. The highest BCUT2D eigenvalue weighted by Crippen LogP contribution is 2.35. The van der Waals surface area contributed by atoms with Crippen molar-refractivity contribution in [3.05, 3.63) is 62.8 Å². The fourth-order valence-electron chi connectivity index (χ4n) is 3.76. The van der Waals surface area contributed by atoms with Gasteiger partial charge < -0.3 is 5.32 Å². The van der Waals surface area contributed by atoms with Crippen molar-refractivity contribution in [2.24, 2.45) is 5.92 Å². The Labute approximate surface area is 166 Å². The van der Waals surface area contributed by atoms with Gasteiger partial charge in [0.2, 0.25) is 5.91 Å². The van der Waals surface area contributed by atoms with Gasteiger partial charge >= 0.3 is 0 Å². The van der Waals surface area contributed by atoms with Crippen molar-refractivity contribution in [2.75, 3.05) is 0 Å². The van der Waals surface area contributed by atoms with Crippen LogP contribution in [0.15, 0.2) is 35.4 Å². The molecule has 5 nitrogen and oxygen atoms in total. The van der Waals surface area contributed by atoms with Crippen LogP contribution in [0.2, 0.25) is 0 Å². The predicted molar refractivity (Wildman–Crippen MR) is 108 cm³/mol. The molecule has 0 spiro atoms. The molecule has 0 saturated carbocycles. The van der Waals surface area contributed by atoms with Crippen LogP contribution < -0.4 is 10.9 Å². The Morgan fingerprint density at radius 1 is 1.39 bits per heavy atom. The van der Waals surface area contributed by atoms with Crippen molar-refractivity contribution in [3.63, 3.8) is 0 Å². The summed E-state index contributed by atoms with van der Waals surface area (Å²) in [5, 5.41) is 3.53. The molecular weight excluding hydrogens is 377 g/mol. The standard InChI is InChI=1S/C21H22FN3O2S/c1-12-3-8-16-17(9-12)28-20-19(16)21(27)25(11-23-20)10-18(26)24-13(2)14-4-6-15(22)7-5-14/h4-7,11-13H,3,8-10H2,1-2H3,(H,24,26). The molecule has 0 aliphatic heterocycles. The summed E-state index contributed by atoms with van der Waals surface area (Å²) >= 11 is 1.60. The van der Waals surface area contributed by atoms with E-state index in [-0.39, 0.29) is 29.9 Å². The number of nitrogens with zero attached hydrogens (tertiary/aromatic N) is 2. The van der Waals surface area contributed by atoms with E-state index in [2.05, 4.69) is 17.2 Å². The van der Waals surface area contributed by atoms with Crippen LogP contribution in [-0.4, -0.2) is 15.5 Å². The van der Waals surface area contributed by atoms with E-state index in [4.69, 9.17) is 0 Å². The van der Waals surface area contributed by atoms with Gasteiger partial charge in [-0.25, -0.2) is 9.37 Å². The lowest BCUT2D eigenvalue weighted by Crippen LogP contribution is -2.34. The number of thiophene rings is 1. The molecule has 1 aliphatic carbocycles. The topological polar surface area (TPSA) is 64.0 Å². The summed E-state index contributed by atoms with van der Waals surface area (Å²) in [6.45, 7) is 3.96. The van der Waals surface area contributed by atoms with E-state index >= 15 is 0 Å². The number of aryl methyl sites for hydroxylation is 1. The zero-order chi connectivity index (χ0) is 19.8. The van der Waals surface area contributed by atoms with Gasteiger partial charge in [-0.15, -0.1) is 11.3 Å². The van der Waals surface area contributed by atoms with Crippen molar-refractivity contribution < 1.29 is 9.18 Å². The molecule has 0 radical (unpaired) electrons. The Morgan fingerprint density at radius 2 is 2.14 bits per heavy atom. The third kappa shape index (κ3) is 3.58. The summed E-state index contributed by atoms with van der Waals surface area (Å²) in [6.07, 6.45) is 4.41. The molecule has 1 aliphatic rings. The maximum atomic E-state index is 13.1. The Kier molecular flexibility index (Phi) is 5.02. The number of nitrogens with one attached hydrogen (secondary N) is 1. The molecule has 4 rings (SSSR count). The second kappa shape index (κ2) is 7.47. The van der Waals surface area contributed by atoms with Crippen LogP contribution in [0.4, 0.5) is 4.39 Å². The zero-order valence-electron chi connectivity index (χ0n) is 15.9. The second-order valence-corrected chi connectivity index (χ2v) is 8.63. The smallest absolute Gasteiger partial charge is 0.262 e. The van der Waals surface area contributed by atoms with E-state index in [1.54, 1.807) is 23.5 Å². The van der Waals surface area contributed by atoms with Gasteiger partial charge in [-0.3, -0.25) is 14.2 Å². The number of rotatable bonds is 4. The molecule has 28 heavy (non-hydrogen) atoms. The number of carbonyl (C=O) groups excluding carboxylic acids is 1. The fraction of sp³-hybridized carbons (Fsp3) is 0.381. The summed E-state index contributed by atoms with van der Waals surface area (Å²) in [7, 11) is 0. The molecule has 0 bridgehead atoms. The first-order valence-corrected chi connectivity index (χ1v) is 10.3. The maximum Gasteiger partial charge on any atom is 0.262 e. The van der Waals surface area contributed by atoms with Crippen molar-refractivity contribution in [1.29, 1.82) is 0 Å². The summed E-state index contributed by atoms with van der Waals surface area (Å²) < 4.78 is 14.4. The van der Waals surface area contributed by atoms with Gasteiger partial charge in [0.25, 0.3) is 5.56 Å². The minimum atomic E-state index is -0.318. The van der Waals surface area contributed by atoms with E-state index in [9.17, 15) is 14.0 Å². The highest BCUT2D eigenvalue weighted by molar-refractivity contribution is 7.18. The lowest BCUT2D eigenvalue weighted by atomic mass is 9.89. The first kappa shape index (κ1) is 18.8. The second-order valence-electron chi connectivity index (χ2n) is 7.55. The number of hydrogen-bond acceptors (Lipinski definition) is 4. The summed E-state index contributed by atoms with van der Waals surface area (Å²) in [5.41, 5.74) is 1.77. The molecule has 146 valence electrons. The molecule has 2 aromatic heterocycles. The van der Waals surface area contributed by atoms with Crippen LogP contribution in [0.3, 0.4) is 0 Å². The molecule has 7 heteroatoms. The van der Waals surface area contributed by atoms with E-state index in [0.717, 1.165) is 35.2 Å². The molecule has 0 fully saturated rings. The number of carbonyl (C=O) groups is 1. The summed E-state index contributed by atoms with van der Waals surface area (Å²) in [6, 6.07) is 5.72. The van der Waals surface area contributed by atoms with Gasteiger partial charge in [-0.1, -0.05) is 19.1 Å². The molecule has 2 atom stereocenters. The van der Waals surface area contributed by atoms with Gasteiger partial charge in [-0.05, 0) is 55.4 Å². The van der Waals surface area contributed by atoms with Crippen LogP contribution in [0.5, 0.6) is 0 Å². The van der Waals surface area contributed by atoms with Crippen molar-refractivity contribution in [1.82, 2.24) is 14.9 Å². The molecule has 0 saturated heterocycles. The number of halogens is 1. The molecule has 1 N–H and O–H groups in total. The largest absolute Gasteiger partial charge is 0.348 e. The first-order valence-electron chi connectivity index (χ1n) is 9.47. The van der Waals surface area contributed by atoms with E-state index in [0.29, 0.717) is 11.3 Å². The molecule has 1 aromatic carbocycles. The Balaban J connectivity index is 1.54. The van der Waals surface area contributed by atoms with Crippen LogP contribution in [0.25, 0.3) is 10.2 Å². The third-order valence-corrected chi connectivity index (χ3v) is 6.51. The SMILES string of the molecule is CC1CCc2c(sc3ncn(CC(=O)NC(C)c4ccc(F)cc4)c(=O)c23)C1. The molecule has 2 heterocycles. The van der Waals surface area contributed by atoms with Gasteiger partial charge in [0.05, 0.1) is 17.8 Å². The van der Waals surface area contributed by atoms with Gasteiger partial charge in [0, 0.05) is 4.88 Å². The Hall–Kier alpha value is -2.54. The van der Waals surface area contributed by atoms with Gasteiger partial charge in [-0.2, -0.15) is 0 Å². The van der Waals surface area contributed by atoms with Gasteiger partial charge in [0.1, 0.15) is 17.2 Å². The molecular formula is C21H22FN3O2S. The van der Waals surface area contributed by atoms with Crippen molar-refractivity contribution in [3.8, 4) is 0 Å². The molecule has 3 aromatic rings. The average molecular weight is 399 g/mol. The number of hydrogen-bond donors (Lipinski definition) is 1. The van der Waals surface area contributed by atoms with Crippen molar-refractivity contribution >= 4 is 27.5 Å². The normalized spacial score (nSPS) is 17.3. The molecule has 1 amide bonds.